The fraction of sp³-hybridized carbons (Fsp3) is 0.455. The second-order valence-corrected chi connectivity index (χ2v) is 6.69. The van der Waals surface area contributed by atoms with Gasteiger partial charge in [-0.2, -0.15) is 0 Å². The van der Waals surface area contributed by atoms with Gasteiger partial charge in [-0.05, 0) is 66.5 Å². The Labute approximate surface area is 140 Å². The molecule has 3 rings (SSSR count). The Morgan fingerprint density at radius 3 is 2.48 bits per heavy atom. The Hall–Kier alpha value is -1.76. The lowest BCUT2D eigenvalue weighted by Gasteiger charge is -2.25. The van der Waals surface area contributed by atoms with E-state index in [9.17, 15) is 0 Å². The second kappa shape index (κ2) is 7.68. The normalized spacial score (nSPS) is 16.9. The van der Waals surface area contributed by atoms with Gasteiger partial charge >= 0.3 is 0 Å². The topological polar surface area (TPSA) is 9.23 Å². The molecular weight excluding hydrogens is 280 g/mol. The van der Waals surface area contributed by atoms with Crippen LogP contribution in [0.1, 0.15) is 50.7 Å². The van der Waals surface area contributed by atoms with E-state index in [2.05, 4.69) is 49.4 Å². The third kappa shape index (κ3) is 3.96. The number of benzene rings is 2. The molecule has 0 radical (unpaired) electrons. The van der Waals surface area contributed by atoms with Gasteiger partial charge in [-0.1, -0.05) is 56.5 Å². The highest BCUT2D eigenvalue weighted by atomic mass is 16.5. The van der Waals surface area contributed by atoms with Crippen LogP contribution in [-0.4, -0.2) is 6.61 Å². The molecule has 0 aliphatic heterocycles. The van der Waals surface area contributed by atoms with Gasteiger partial charge in [0.15, 0.2) is 0 Å². The van der Waals surface area contributed by atoms with Gasteiger partial charge in [-0.15, -0.1) is 0 Å². The molecule has 0 saturated heterocycles. The maximum atomic E-state index is 5.53. The zero-order valence-corrected chi connectivity index (χ0v) is 14.5. The summed E-state index contributed by atoms with van der Waals surface area (Å²) in [5.41, 5.74) is 5.75. The molecule has 0 aromatic heterocycles. The van der Waals surface area contributed by atoms with Crippen molar-refractivity contribution in [2.75, 3.05) is 6.61 Å². The quantitative estimate of drug-likeness (QED) is 0.631. The SMILES string of the molecule is CCCCC1CCc2cc(-c3ccc(OCC)cc3)ccc2C1. The Balaban J connectivity index is 1.74. The van der Waals surface area contributed by atoms with Crippen molar-refractivity contribution in [3.8, 4) is 16.9 Å². The van der Waals surface area contributed by atoms with Crippen molar-refractivity contribution in [3.05, 3.63) is 53.6 Å². The first-order chi connectivity index (χ1) is 11.3. The Morgan fingerprint density at radius 2 is 1.74 bits per heavy atom. The highest BCUT2D eigenvalue weighted by molar-refractivity contribution is 5.65. The molecule has 0 heterocycles. The molecule has 1 nitrogen and oxygen atoms in total. The molecule has 2 aromatic rings. The fourth-order valence-corrected chi connectivity index (χ4v) is 3.66. The summed E-state index contributed by atoms with van der Waals surface area (Å²) < 4.78 is 5.53. The van der Waals surface area contributed by atoms with Crippen molar-refractivity contribution < 1.29 is 4.74 Å². The highest BCUT2D eigenvalue weighted by Crippen LogP contribution is 2.32. The first-order valence-corrected chi connectivity index (χ1v) is 9.15. The Morgan fingerprint density at radius 1 is 0.957 bits per heavy atom. The van der Waals surface area contributed by atoms with Crippen LogP contribution in [0, 0.1) is 5.92 Å². The molecule has 1 unspecified atom stereocenters. The predicted octanol–water partition coefficient (Wildman–Crippen LogP) is 6.05. The molecule has 23 heavy (non-hydrogen) atoms. The maximum Gasteiger partial charge on any atom is 0.119 e. The van der Waals surface area contributed by atoms with Crippen LogP contribution in [0.25, 0.3) is 11.1 Å². The standard InChI is InChI=1S/C22H28O/c1-3-5-6-17-7-8-21-16-20(10-9-19(21)15-17)18-11-13-22(14-12-18)23-4-2/h9-14,16-17H,3-8,15H2,1-2H3. The zero-order chi connectivity index (χ0) is 16.1. The van der Waals surface area contributed by atoms with Gasteiger partial charge in [0, 0.05) is 0 Å². The van der Waals surface area contributed by atoms with E-state index in [1.807, 2.05) is 6.92 Å². The first kappa shape index (κ1) is 16.1. The van der Waals surface area contributed by atoms with E-state index in [0.29, 0.717) is 0 Å². The van der Waals surface area contributed by atoms with Crippen molar-refractivity contribution in [2.45, 2.75) is 52.4 Å². The third-order valence-electron chi connectivity index (χ3n) is 5.00. The van der Waals surface area contributed by atoms with Crippen LogP contribution in [0.2, 0.25) is 0 Å². The number of ether oxygens (including phenoxy) is 1. The van der Waals surface area contributed by atoms with E-state index in [-0.39, 0.29) is 0 Å². The number of aryl methyl sites for hydroxylation is 1. The van der Waals surface area contributed by atoms with Crippen LogP contribution in [0.15, 0.2) is 42.5 Å². The van der Waals surface area contributed by atoms with Crippen LogP contribution in [-0.2, 0) is 12.8 Å². The monoisotopic (exact) mass is 308 g/mol. The average Bonchev–Trinajstić information content (AvgIpc) is 2.60. The van der Waals surface area contributed by atoms with E-state index in [1.165, 1.54) is 49.7 Å². The molecule has 2 aromatic carbocycles. The summed E-state index contributed by atoms with van der Waals surface area (Å²) in [4.78, 5) is 0. The van der Waals surface area contributed by atoms with Crippen LogP contribution >= 0.6 is 0 Å². The van der Waals surface area contributed by atoms with Gasteiger partial charge in [0.2, 0.25) is 0 Å². The Bertz CT molecular complexity index is 627. The minimum atomic E-state index is 0.720. The Kier molecular flexibility index (Phi) is 5.38. The van der Waals surface area contributed by atoms with Gasteiger partial charge in [-0.3, -0.25) is 0 Å². The molecule has 0 saturated carbocycles. The van der Waals surface area contributed by atoms with Crippen molar-refractivity contribution in [1.29, 1.82) is 0 Å². The van der Waals surface area contributed by atoms with Crippen LogP contribution in [0.5, 0.6) is 5.75 Å². The van der Waals surface area contributed by atoms with Gasteiger partial charge in [0.25, 0.3) is 0 Å². The van der Waals surface area contributed by atoms with Crippen molar-refractivity contribution >= 4 is 0 Å². The van der Waals surface area contributed by atoms with Crippen LogP contribution in [0.4, 0.5) is 0 Å². The molecule has 1 heteroatoms. The molecular formula is C22H28O. The minimum absolute atomic E-state index is 0.720. The molecule has 0 fully saturated rings. The van der Waals surface area contributed by atoms with Crippen molar-refractivity contribution in [1.82, 2.24) is 0 Å². The fourth-order valence-electron chi connectivity index (χ4n) is 3.66. The zero-order valence-electron chi connectivity index (χ0n) is 14.5. The maximum absolute atomic E-state index is 5.53. The lowest BCUT2D eigenvalue weighted by Crippen LogP contribution is -2.14. The van der Waals surface area contributed by atoms with Crippen LogP contribution in [0.3, 0.4) is 0 Å². The number of rotatable bonds is 6. The summed E-state index contributed by atoms with van der Waals surface area (Å²) >= 11 is 0. The van der Waals surface area contributed by atoms with Crippen molar-refractivity contribution in [2.24, 2.45) is 5.92 Å². The summed E-state index contributed by atoms with van der Waals surface area (Å²) in [6.07, 6.45) is 7.98. The molecule has 1 aliphatic rings. The molecule has 0 bridgehead atoms. The number of hydrogen-bond donors (Lipinski definition) is 0. The summed E-state index contributed by atoms with van der Waals surface area (Å²) in [5, 5.41) is 0. The highest BCUT2D eigenvalue weighted by Gasteiger charge is 2.18. The molecule has 0 spiro atoms. The smallest absolute Gasteiger partial charge is 0.119 e. The largest absolute Gasteiger partial charge is 0.494 e. The summed E-state index contributed by atoms with van der Waals surface area (Å²) in [5.74, 6) is 1.85. The molecule has 122 valence electrons. The lowest BCUT2D eigenvalue weighted by atomic mass is 9.80. The summed E-state index contributed by atoms with van der Waals surface area (Å²) in [7, 11) is 0. The molecule has 1 atom stereocenters. The number of unbranched alkanes of at least 4 members (excludes halogenated alkanes) is 1. The number of fused-ring (bicyclic) bond motifs is 1. The van der Waals surface area contributed by atoms with Crippen LogP contribution < -0.4 is 4.74 Å². The van der Waals surface area contributed by atoms with Crippen molar-refractivity contribution in [3.63, 3.8) is 0 Å². The molecule has 0 N–H and O–H groups in total. The van der Waals surface area contributed by atoms with Gasteiger partial charge in [0.1, 0.15) is 5.75 Å². The second-order valence-electron chi connectivity index (χ2n) is 6.69. The summed E-state index contributed by atoms with van der Waals surface area (Å²) in [6.45, 7) is 5.03. The molecule has 1 aliphatic carbocycles. The first-order valence-electron chi connectivity index (χ1n) is 9.15. The van der Waals surface area contributed by atoms with E-state index >= 15 is 0 Å². The van der Waals surface area contributed by atoms with Gasteiger partial charge in [-0.25, -0.2) is 0 Å². The van der Waals surface area contributed by atoms with E-state index in [4.69, 9.17) is 4.74 Å². The predicted molar refractivity (Wildman–Crippen MR) is 98.1 cm³/mol. The number of hydrogen-bond acceptors (Lipinski definition) is 1. The average molecular weight is 308 g/mol. The van der Waals surface area contributed by atoms with Gasteiger partial charge < -0.3 is 4.74 Å². The van der Waals surface area contributed by atoms with E-state index in [1.54, 1.807) is 11.1 Å². The van der Waals surface area contributed by atoms with E-state index < -0.39 is 0 Å². The lowest BCUT2D eigenvalue weighted by molar-refractivity contribution is 0.340. The van der Waals surface area contributed by atoms with Gasteiger partial charge in [0.05, 0.1) is 6.61 Å². The van der Waals surface area contributed by atoms with E-state index in [0.717, 1.165) is 18.3 Å². The minimum Gasteiger partial charge on any atom is -0.494 e. The third-order valence-corrected chi connectivity index (χ3v) is 5.00. The summed E-state index contributed by atoms with van der Waals surface area (Å²) in [6, 6.07) is 15.5. The molecule has 0 amide bonds.